The Balaban J connectivity index is 1.54. The number of hydrazine groups is 1. The van der Waals surface area contributed by atoms with Gasteiger partial charge in [-0.1, -0.05) is 56.3 Å². The van der Waals surface area contributed by atoms with Crippen molar-refractivity contribution in [2.45, 2.75) is 46.2 Å². The molecule has 3 rings (SSSR count). The van der Waals surface area contributed by atoms with Gasteiger partial charge >= 0.3 is 0 Å². The van der Waals surface area contributed by atoms with Crippen LogP contribution in [0.3, 0.4) is 0 Å². The van der Waals surface area contributed by atoms with Crippen molar-refractivity contribution in [1.82, 2.24) is 30.9 Å². The van der Waals surface area contributed by atoms with Crippen LogP contribution in [0.5, 0.6) is 0 Å². The van der Waals surface area contributed by atoms with Gasteiger partial charge in [-0.05, 0) is 49.2 Å². The second-order valence-electron chi connectivity index (χ2n) is 8.38. The summed E-state index contributed by atoms with van der Waals surface area (Å²) in [5, 5.41) is 11.0. The minimum absolute atomic E-state index is 0.0334. The molecule has 2 aromatic carbocycles. The van der Waals surface area contributed by atoms with Crippen molar-refractivity contribution < 1.29 is 4.79 Å². The number of hydrogen-bond acceptors (Lipinski definition) is 5. The Morgan fingerprint density at radius 2 is 1.76 bits per heavy atom. The lowest BCUT2D eigenvalue weighted by atomic mass is 10.0. The molecule has 9 heteroatoms. The van der Waals surface area contributed by atoms with Gasteiger partial charge in [0.05, 0.1) is 0 Å². The van der Waals surface area contributed by atoms with E-state index in [9.17, 15) is 4.79 Å². The van der Waals surface area contributed by atoms with Crippen LogP contribution < -0.4 is 21.5 Å². The smallest absolute Gasteiger partial charge is 0.289 e. The summed E-state index contributed by atoms with van der Waals surface area (Å²) < 4.78 is 1.50. The Labute approximate surface area is 200 Å². The topological polar surface area (TPSA) is 95.9 Å². The van der Waals surface area contributed by atoms with Crippen molar-refractivity contribution in [3.63, 3.8) is 0 Å². The number of carbonyl (C=O) groups is 1. The first-order valence-corrected chi connectivity index (χ1v) is 11.4. The molecule has 0 unspecified atom stereocenters. The van der Waals surface area contributed by atoms with E-state index in [0.717, 1.165) is 16.8 Å². The maximum atomic E-state index is 12.2. The molecule has 0 saturated carbocycles. The lowest BCUT2D eigenvalue weighted by Crippen LogP contribution is -2.39. The SMILES string of the molecule is CC(C)NC(=O)c1nc(-c2ccc(CNNC(=S)Nc3ccccc3C(C)C)cc2)nn1C. The number of anilines is 1. The number of nitrogens with one attached hydrogen (secondary N) is 4. The highest BCUT2D eigenvalue weighted by Crippen LogP contribution is 2.23. The highest BCUT2D eigenvalue weighted by atomic mass is 32.1. The number of carbonyl (C=O) groups excluding carboxylic acids is 1. The zero-order valence-electron chi connectivity index (χ0n) is 19.6. The van der Waals surface area contributed by atoms with E-state index < -0.39 is 0 Å². The number of para-hydroxylation sites is 1. The highest BCUT2D eigenvalue weighted by Gasteiger charge is 2.17. The van der Waals surface area contributed by atoms with E-state index in [2.05, 4.69) is 51.5 Å². The summed E-state index contributed by atoms with van der Waals surface area (Å²) >= 11 is 5.41. The minimum Gasteiger partial charge on any atom is -0.347 e. The molecule has 0 saturated heterocycles. The number of thiocarbonyl (C=S) groups is 1. The van der Waals surface area contributed by atoms with E-state index in [-0.39, 0.29) is 17.8 Å². The average molecular weight is 466 g/mol. The molecular weight excluding hydrogens is 434 g/mol. The Morgan fingerprint density at radius 3 is 2.42 bits per heavy atom. The van der Waals surface area contributed by atoms with Crippen LogP contribution in [0.2, 0.25) is 0 Å². The fraction of sp³-hybridized carbons (Fsp3) is 0.333. The standard InChI is InChI=1S/C24H31N7OS/c1-15(2)19-8-6-7-9-20(19)27-24(33)29-25-14-17-10-12-18(13-11-17)21-28-22(31(5)30-21)23(32)26-16(3)4/h6-13,15-16,25H,14H2,1-5H3,(H,26,32)(H2,27,29,33). The molecule has 0 atom stereocenters. The highest BCUT2D eigenvalue weighted by molar-refractivity contribution is 7.80. The van der Waals surface area contributed by atoms with Crippen LogP contribution in [0.1, 0.15) is 55.4 Å². The molecule has 0 aliphatic heterocycles. The largest absolute Gasteiger partial charge is 0.347 e. The van der Waals surface area contributed by atoms with E-state index in [1.807, 2.05) is 56.3 Å². The first-order valence-electron chi connectivity index (χ1n) is 10.9. The van der Waals surface area contributed by atoms with Crippen molar-refractivity contribution in [3.05, 3.63) is 65.5 Å². The molecule has 0 aliphatic carbocycles. The maximum absolute atomic E-state index is 12.2. The number of amides is 1. The fourth-order valence-corrected chi connectivity index (χ4v) is 3.48. The number of hydrogen-bond donors (Lipinski definition) is 4. The van der Waals surface area contributed by atoms with Crippen LogP contribution in [-0.4, -0.2) is 31.8 Å². The quantitative estimate of drug-likeness (QED) is 0.297. The lowest BCUT2D eigenvalue weighted by molar-refractivity contribution is 0.0928. The lowest BCUT2D eigenvalue weighted by Gasteiger charge is -2.16. The Hall–Kier alpha value is -3.30. The molecular formula is C24H31N7OS. The van der Waals surface area contributed by atoms with E-state index in [4.69, 9.17) is 12.2 Å². The van der Waals surface area contributed by atoms with Crippen molar-refractivity contribution in [2.24, 2.45) is 7.05 Å². The molecule has 1 amide bonds. The van der Waals surface area contributed by atoms with Crippen molar-refractivity contribution in [2.75, 3.05) is 5.32 Å². The summed E-state index contributed by atoms with van der Waals surface area (Å²) in [5.74, 6) is 0.961. The minimum atomic E-state index is -0.237. The van der Waals surface area contributed by atoms with E-state index in [0.29, 0.717) is 23.4 Å². The summed E-state index contributed by atoms with van der Waals surface area (Å²) in [4.78, 5) is 16.6. The van der Waals surface area contributed by atoms with E-state index >= 15 is 0 Å². The van der Waals surface area contributed by atoms with Crippen LogP contribution in [0.15, 0.2) is 48.5 Å². The van der Waals surface area contributed by atoms with Gasteiger partial charge in [0.1, 0.15) is 0 Å². The number of rotatable bonds is 8. The van der Waals surface area contributed by atoms with Gasteiger partial charge in [-0.25, -0.2) is 15.1 Å². The third-order valence-corrected chi connectivity index (χ3v) is 5.13. The second-order valence-corrected chi connectivity index (χ2v) is 8.79. The molecule has 4 N–H and O–H groups in total. The van der Waals surface area contributed by atoms with Gasteiger partial charge in [0.25, 0.3) is 5.91 Å². The average Bonchev–Trinajstić information content (AvgIpc) is 3.16. The number of aryl methyl sites for hydroxylation is 1. The van der Waals surface area contributed by atoms with E-state index in [1.54, 1.807) is 7.05 Å². The Morgan fingerprint density at radius 1 is 1.06 bits per heavy atom. The predicted octanol–water partition coefficient (Wildman–Crippen LogP) is 3.73. The van der Waals surface area contributed by atoms with Gasteiger partial charge in [-0.15, -0.1) is 0 Å². The third-order valence-electron chi connectivity index (χ3n) is 4.92. The molecule has 33 heavy (non-hydrogen) atoms. The van der Waals surface area contributed by atoms with Gasteiger partial charge in [0.15, 0.2) is 10.9 Å². The summed E-state index contributed by atoms with van der Waals surface area (Å²) in [6.07, 6.45) is 0. The second kappa shape index (κ2) is 11.0. The maximum Gasteiger partial charge on any atom is 0.289 e. The molecule has 0 aliphatic rings. The molecule has 0 bridgehead atoms. The monoisotopic (exact) mass is 465 g/mol. The van der Waals surface area contributed by atoms with Crippen LogP contribution in [0, 0.1) is 0 Å². The summed E-state index contributed by atoms with van der Waals surface area (Å²) in [6.45, 7) is 8.70. The van der Waals surface area contributed by atoms with Crippen LogP contribution in [-0.2, 0) is 13.6 Å². The van der Waals surface area contributed by atoms with E-state index in [1.165, 1.54) is 10.2 Å². The summed E-state index contributed by atoms with van der Waals surface area (Å²) in [6, 6.07) is 16.0. The molecule has 0 fully saturated rings. The Kier molecular flexibility index (Phi) is 8.13. The molecule has 8 nitrogen and oxygen atoms in total. The number of aromatic nitrogens is 3. The van der Waals surface area contributed by atoms with Crippen LogP contribution >= 0.6 is 12.2 Å². The number of nitrogens with zero attached hydrogens (tertiary/aromatic N) is 3. The van der Waals surface area contributed by atoms with Gasteiger partial charge < -0.3 is 10.6 Å². The summed E-state index contributed by atoms with van der Waals surface area (Å²) in [7, 11) is 1.71. The first-order chi connectivity index (χ1) is 15.7. The fourth-order valence-electron chi connectivity index (χ4n) is 3.30. The predicted molar refractivity (Wildman–Crippen MR) is 136 cm³/mol. The summed E-state index contributed by atoms with van der Waals surface area (Å²) in [5.41, 5.74) is 10.3. The molecule has 1 heterocycles. The first kappa shape index (κ1) is 24.3. The molecule has 0 radical (unpaired) electrons. The van der Waals surface area contributed by atoms with Crippen molar-refractivity contribution in [3.8, 4) is 11.4 Å². The molecule has 0 spiro atoms. The molecule has 174 valence electrons. The van der Waals surface area contributed by atoms with Crippen molar-refractivity contribution >= 4 is 28.9 Å². The molecule has 1 aromatic heterocycles. The van der Waals surface area contributed by atoms with Crippen molar-refractivity contribution in [1.29, 1.82) is 0 Å². The van der Waals surface area contributed by atoms with Gasteiger partial charge in [-0.2, -0.15) is 5.10 Å². The van der Waals surface area contributed by atoms with Crippen LogP contribution in [0.4, 0.5) is 5.69 Å². The number of benzene rings is 2. The normalized spacial score (nSPS) is 11.0. The van der Waals surface area contributed by atoms with Gasteiger partial charge in [-0.3, -0.25) is 10.2 Å². The third kappa shape index (κ3) is 6.59. The Bertz CT molecular complexity index is 1110. The molecule has 3 aromatic rings. The van der Waals surface area contributed by atoms with Gasteiger partial charge in [0.2, 0.25) is 5.82 Å². The van der Waals surface area contributed by atoms with Gasteiger partial charge in [0, 0.05) is 30.9 Å². The van der Waals surface area contributed by atoms with Crippen LogP contribution in [0.25, 0.3) is 11.4 Å². The zero-order chi connectivity index (χ0) is 24.0. The zero-order valence-corrected chi connectivity index (χ0v) is 20.5.